The van der Waals surface area contributed by atoms with Crippen LogP contribution >= 0.6 is 0 Å². The van der Waals surface area contributed by atoms with Crippen molar-refractivity contribution in [1.82, 2.24) is 0 Å². The van der Waals surface area contributed by atoms with Gasteiger partial charge in [-0.25, -0.2) is 0 Å². The summed E-state index contributed by atoms with van der Waals surface area (Å²) >= 11 is 0. The third-order valence-electron chi connectivity index (χ3n) is 3.26. The number of rotatable bonds is 3. The molecule has 0 amide bonds. The number of fused-ring (bicyclic) bond motifs is 1. The predicted octanol–water partition coefficient (Wildman–Crippen LogP) is 6.25. The van der Waals surface area contributed by atoms with Crippen molar-refractivity contribution in [3.05, 3.63) is 96.8 Å². The molecule has 0 radical (unpaired) electrons. The van der Waals surface area contributed by atoms with Gasteiger partial charge in [-0.2, -0.15) is 0 Å². The average Bonchev–Trinajstić information content (AvgIpc) is 2.85. The molecular formula is C22H17N. The van der Waals surface area contributed by atoms with Crippen molar-refractivity contribution < 1.29 is 16.4 Å². The van der Waals surface area contributed by atoms with Gasteiger partial charge in [-0.3, -0.25) is 0 Å². The molecule has 4 aromatic carbocycles. The minimum absolute atomic E-state index is 0.0340. The molecule has 23 heavy (non-hydrogen) atoms. The molecule has 0 aliphatic heterocycles. The lowest BCUT2D eigenvalue weighted by Crippen LogP contribution is -1.89. The van der Waals surface area contributed by atoms with Crippen LogP contribution in [0.3, 0.4) is 0 Å². The Bertz CT molecular complexity index is 1490. The summed E-state index contributed by atoms with van der Waals surface area (Å²) in [5.41, 5.74) is 0.678. The van der Waals surface area contributed by atoms with Gasteiger partial charge in [0.1, 0.15) is 0 Å². The van der Waals surface area contributed by atoms with E-state index in [2.05, 4.69) is 5.32 Å². The smallest absolute Gasteiger partial charge is 0.0645 e. The summed E-state index contributed by atoms with van der Waals surface area (Å²) in [6.07, 6.45) is 0. The summed E-state index contributed by atoms with van der Waals surface area (Å²) in [7, 11) is 0. The van der Waals surface area contributed by atoms with E-state index in [0.717, 1.165) is 0 Å². The highest BCUT2D eigenvalue weighted by Crippen LogP contribution is 2.29. The van der Waals surface area contributed by atoms with E-state index in [1.807, 2.05) is 0 Å². The molecule has 0 aliphatic rings. The minimum atomic E-state index is -0.530. The van der Waals surface area contributed by atoms with E-state index < -0.39 is 66.5 Å². The topological polar surface area (TPSA) is 12.0 Å². The second-order valence-electron chi connectivity index (χ2n) is 4.70. The van der Waals surface area contributed by atoms with Gasteiger partial charge in [0, 0.05) is 11.4 Å². The van der Waals surface area contributed by atoms with Crippen molar-refractivity contribution in [2.75, 3.05) is 5.32 Å². The lowest BCUT2D eigenvalue weighted by molar-refractivity contribution is 1.55. The maximum absolute atomic E-state index is 8.42. The van der Waals surface area contributed by atoms with E-state index in [1.165, 1.54) is 24.3 Å². The fourth-order valence-electron chi connectivity index (χ4n) is 2.21. The molecule has 1 heteroatoms. The van der Waals surface area contributed by atoms with Gasteiger partial charge in [-0.15, -0.1) is 0 Å². The molecule has 4 aromatic rings. The molecular weight excluding hydrogens is 278 g/mol. The fraction of sp³-hybridized carbons (Fsp3) is 0. The van der Waals surface area contributed by atoms with E-state index in [1.54, 1.807) is 0 Å². The molecule has 0 unspecified atom stereocenters. The molecule has 0 saturated heterocycles. The van der Waals surface area contributed by atoms with Gasteiger partial charge in [0.05, 0.1) is 16.4 Å². The monoisotopic (exact) mass is 307 g/mol. The highest BCUT2D eigenvalue weighted by Gasteiger charge is 2.03. The quantitative estimate of drug-likeness (QED) is 0.471. The lowest BCUT2D eigenvalue weighted by Gasteiger charge is -2.09. The molecule has 0 aliphatic carbocycles. The second kappa shape index (κ2) is 5.98. The van der Waals surface area contributed by atoms with E-state index in [4.69, 9.17) is 16.4 Å². The van der Waals surface area contributed by atoms with E-state index in [9.17, 15) is 0 Å². The standard InChI is InChI=1S/C22H17N/c1-2-9-19(10-3-1)23-20-15-13-18(14-16-20)22-12-6-8-17-7-4-5-11-21(17)22/h1-16,23H/i1D,2D,3D,4D,5D,6D,7D,8D,9D,10D,11D,12D. The molecule has 0 fully saturated rings. The van der Waals surface area contributed by atoms with Gasteiger partial charge in [0.25, 0.3) is 0 Å². The van der Waals surface area contributed by atoms with Crippen LogP contribution in [-0.2, 0) is 0 Å². The van der Waals surface area contributed by atoms with Gasteiger partial charge >= 0.3 is 0 Å². The molecule has 0 aromatic heterocycles. The largest absolute Gasteiger partial charge is 0.356 e. The Balaban J connectivity index is 1.89. The summed E-state index contributed by atoms with van der Waals surface area (Å²) in [5.74, 6) is 0. The molecule has 0 heterocycles. The maximum atomic E-state index is 8.42. The zero-order valence-electron chi connectivity index (χ0n) is 23.8. The van der Waals surface area contributed by atoms with Crippen LogP contribution in [0.5, 0.6) is 0 Å². The Morgan fingerprint density at radius 1 is 0.609 bits per heavy atom. The van der Waals surface area contributed by atoms with Gasteiger partial charge < -0.3 is 5.32 Å². The van der Waals surface area contributed by atoms with Crippen LogP contribution in [0.15, 0.2) is 96.8 Å². The number of nitrogens with one attached hydrogen (secondary N) is 1. The lowest BCUT2D eigenvalue weighted by atomic mass is 9.98. The predicted molar refractivity (Wildman–Crippen MR) is 99.1 cm³/mol. The average molecular weight is 307 g/mol. The first-order valence-electron chi connectivity index (χ1n) is 12.8. The highest BCUT2D eigenvalue weighted by molar-refractivity contribution is 5.96. The molecule has 1 N–H and O–H groups in total. The van der Waals surface area contributed by atoms with Crippen molar-refractivity contribution in [3.8, 4) is 11.1 Å². The highest BCUT2D eigenvalue weighted by atomic mass is 14.9. The van der Waals surface area contributed by atoms with Gasteiger partial charge in [0.15, 0.2) is 0 Å². The number of anilines is 2. The molecule has 0 spiro atoms. The SMILES string of the molecule is [2H]c1c([2H])c([2H])c(Nc2ccc(-c3c([2H])c([2H])c([2H])c4c([2H])c([2H])c([2H])c([2H])c34)cc2)c([2H])c1[2H]. The molecule has 4 rings (SSSR count). The van der Waals surface area contributed by atoms with Crippen LogP contribution in [-0.4, -0.2) is 0 Å². The van der Waals surface area contributed by atoms with Crippen molar-refractivity contribution in [1.29, 1.82) is 0 Å². The van der Waals surface area contributed by atoms with Crippen molar-refractivity contribution >= 4 is 22.1 Å². The zero-order valence-corrected chi connectivity index (χ0v) is 11.8. The normalized spacial score (nSPS) is 17.9. The Morgan fingerprint density at radius 3 is 2.13 bits per heavy atom. The van der Waals surface area contributed by atoms with Crippen molar-refractivity contribution in [2.45, 2.75) is 0 Å². The molecule has 110 valence electrons. The summed E-state index contributed by atoms with van der Waals surface area (Å²) in [6, 6.07) is 0.589. The van der Waals surface area contributed by atoms with Gasteiger partial charge in [0.2, 0.25) is 0 Å². The first kappa shape index (κ1) is 5.86. The Labute approximate surface area is 153 Å². The first-order chi connectivity index (χ1) is 16.4. The van der Waals surface area contributed by atoms with Gasteiger partial charge in [-0.1, -0.05) is 72.6 Å². The van der Waals surface area contributed by atoms with Crippen LogP contribution in [0, 0.1) is 0 Å². The molecule has 0 bridgehead atoms. The number of para-hydroxylation sites is 1. The molecule has 0 atom stereocenters. The van der Waals surface area contributed by atoms with Crippen LogP contribution < -0.4 is 5.32 Å². The van der Waals surface area contributed by atoms with Crippen LogP contribution in [0.2, 0.25) is 0 Å². The third kappa shape index (κ3) is 2.82. The Kier molecular flexibility index (Phi) is 1.52. The number of hydrogen-bond acceptors (Lipinski definition) is 1. The second-order valence-corrected chi connectivity index (χ2v) is 4.70. The molecule has 1 nitrogen and oxygen atoms in total. The summed E-state index contributed by atoms with van der Waals surface area (Å²) in [4.78, 5) is 0. The first-order valence-corrected chi connectivity index (χ1v) is 6.82. The van der Waals surface area contributed by atoms with E-state index >= 15 is 0 Å². The Hall–Kier alpha value is -3.06. The van der Waals surface area contributed by atoms with Crippen molar-refractivity contribution in [3.63, 3.8) is 0 Å². The van der Waals surface area contributed by atoms with Crippen LogP contribution in [0.25, 0.3) is 21.9 Å². The van der Waals surface area contributed by atoms with E-state index in [-0.39, 0.29) is 28.1 Å². The molecule has 0 saturated carbocycles. The van der Waals surface area contributed by atoms with E-state index in [0.29, 0.717) is 11.3 Å². The Morgan fingerprint density at radius 2 is 1.30 bits per heavy atom. The number of benzene rings is 4. The summed E-state index contributed by atoms with van der Waals surface area (Å²) in [5, 5.41) is 2.62. The number of hydrogen-bond donors (Lipinski definition) is 1. The maximum Gasteiger partial charge on any atom is 0.0645 e. The summed E-state index contributed by atoms with van der Waals surface area (Å²) in [6.45, 7) is 0. The van der Waals surface area contributed by atoms with Crippen molar-refractivity contribution in [2.24, 2.45) is 0 Å². The van der Waals surface area contributed by atoms with Crippen LogP contribution in [0.1, 0.15) is 16.4 Å². The third-order valence-corrected chi connectivity index (χ3v) is 3.26. The summed E-state index contributed by atoms with van der Waals surface area (Å²) < 4.78 is 96.6. The fourth-order valence-corrected chi connectivity index (χ4v) is 2.21. The van der Waals surface area contributed by atoms with Gasteiger partial charge in [-0.05, 0) is 46.1 Å². The minimum Gasteiger partial charge on any atom is -0.356 e. The van der Waals surface area contributed by atoms with Crippen LogP contribution in [0.4, 0.5) is 11.4 Å². The zero-order chi connectivity index (χ0) is 25.9.